The number of amides is 1. The third-order valence-corrected chi connectivity index (χ3v) is 3.44. The van der Waals surface area contributed by atoms with Crippen LogP contribution in [0.5, 0.6) is 0 Å². The van der Waals surface area contributed by atoms with Gasteiger partial charge in [0.2, 0.25) is 5.91 Å². The highest BCUT2D eigenvalue weighted by Crippen LogP contribution is 2.29. The lowest BCUT2D eigenvalue weighted by molar-refractivity contribution is -0.117. The summed E-state index contributed by atoms with van der Waals surface area (Å²) in [4.78, 5) is 11.7. The van der Waals surface area contributed by atoms with Crippen molar-refractivity contribution in [2.24, 2.45) is 11.7 Å². The van der Waals surface area contributed by atoms with Crippen molar-refractivity contribution in [3.63, 3.8) is 0 Å². The van der Waals surface area contributed by atoms with Crippen molar-refractivity contribution < 1.29 is 4.79 Å². The van der Waals surface area contributed by atoms with E-state index in [9.17, 15) is 4.79 Å². The normalized spacial score (nSPS) is 20.9. The van der Waals surface area contributed by atoms with Crippen molar-refractivity contribution in [1.29, 1.82) is 0 Å². The SMILES string of the molecule is NC1CC1C(=O)Nc1ccc(-c2ccccc2)cc1. The maximum absolute atomic E-state index is 11.7. The average molecular weight is 252 g/mol. The molecule has 2 aromatic rings. The summed E-state index contributed by atoms with van der Waals surface area (Å²) in [6.45, 7) is 0. The van der Waals surface area contributed by atoms with Gasteiger partial charge in [-0.3, -0.25) is 4.79 Å². The lowest BCUT2D eigenvalue weighted by Crippen LogP contribution is -2.18. The molecule has 0 aromatic heterocycles. The van der Waals surface area contributed by atoms with Crippen molar-refractivity contribution in [1.82, 2.24) is 0 Å². The Kier molecular flexibility index (Phi) is 3.05. The van der Waals surface area contributed by atoms with Gasteiger partial charge in [-0.15, -0.1) is 0 Å². The number of hydrogen-bond acceptors (Lipinski definition) is 2. The zero-order valence-electron chi connectivity index (χ0n) is 10.5. The highest BCUT2D eigenvalue weighted by atomic mass is 16.2. The highest BCUT2D eigenvalue weighted by Gasteiger charge is 2.39. The molecule has 3 N–H and O–H groups in total. The van der Waals surface area contributed by atoms with E-state index < -0.39 is 0 Å². The Morgan fingerprint density at radius 1 is 1.00 bits per heavy atom. The minimum atomic E-state index is -0.00574. The zero-order chi connectivity index (χ0) is 13.2. The second-order valence-electron chi connectivity index (χ2n) is 4.94. The van der Waals surface area contributed by atoms with Gasteiger partial charge in [0, 0.05) is 11.7 Å². The van der Waals surface area contributed by atoms with Gasteiger partial charge in [0.1, 0.15) is 0 Å². The Labute approximate surface area is 112 Å². The van der Waals surface area contributed by atoms with E-state index in [2.05, 4.69) is 17.4 Å². The molecule has 2 atom stereocenters. The van der Waals surface area contributed by atoms with Crippen LogP contribution in [0.2, 0.25) is 0 Å². The Hall–Kier alpha value is -2.13. The third kappa shape index (κ3) is 2.66. The number of anilines is 1. The fourth-order valence-corrected chi connectivity index (χ4v) is 2.13. The second-order valence-corrected chi connectivity index (χ2v) is 4.94. The molecule has 2 unspecified atom stereocenters. The molecule has 1 fully saturated rings. The van der Waals surface area contributed by atoms with E-state index in [1.165, 1.54) is 5.56 Å². The molecule has 0 bridgehead atoms. The molecule has 2 aromatic carbocycles. The van der Waals surface area contributed by atoms with Crippen LogP contribution in [-0.4, -0.2) is 11.9 Å². The lowest BCUT2D eigenvalue weighted by Gasteiger charge is -2.06. The summed E-state index contributed by atoms with van der Waals surface area (Å²) in [7, 11) is 0. The number of hydrogen-bond donors (Lipinski definition) is 2. The van der Waals surface area contributed by atoms with Crippen LogP contribution in [0.1, 0.15) is 6.42 Å². The van der Waals surface area contributed by atoms with Crippen LogP contribution in [0.15, 0.2) is 54.6 Å². The summed E-state index contributed by atoms with van der Waals surface area (Å²) in [5, 5.41) is 2.89. The molecule has 0 heterocycles. The van der Waals surface area contributed by atoms with E-state index in [1.807, 2.05) is 42.5 Å². The predicted octanol–water partition coefficient (Wildman–Crippen LogP) is 2.64. The smallest absolute Gasteiger partial charge is 0.229 e. The maximum Gasteiger partial charge on any atom is 0.229 e. The monoisotopic (exact) mass is 252 g/mol. The van der Waals surface area contributed by atoms with Gasteiger partial charge in [0.05, 0.1) is 5.92 Å². The number of carbonyl (C=O) groups is 1. The molecule has 0 saturated heterocycles. The van der Waals surface area contributed by atoms with Crippen molar-refractivity contribution in [2.45, 2.75) is 12.5 Å². The molecule has 0 radical (unpaired) electrons. The van der Waals surface area contributed by atoms with E-state index in [4.69, 9.17) is 5.73 Å². The van der Waals surface area contributed by atoms with E-state index >= 15 is 0 Å². The Morgan fingerprint density at radius 3 is 2.16 bits per heavy atom. The van der Waals surface area contributed by atoms with Gasteiger partial charge in [-0.2, -0.15) is 0 Å². The van der Waals surface area contributed by atoms with E-state index in [0.717, 1.165) is 17.7 Å². The zero-order valence-corrected chi connectivity index (χ0v) is 10.5. The quantitative estimate of drug-likeness (QED) is 0.882. The van der Waals surface area contributed by atoms with E-state index in [-0.39, 0.29) is 17.9 Å². The fourth-order valence-electron chi connectivity index (χ4n) is 2.13. The molecule has 0 spiro atoms. The Balaban J connectivity index is 1.71. The molecule has 96 valence electrons. The molecule has 1 aliphatic carbocycles. The molecule has 3 nitrogen and oxygen atoms in total. The van der Waals surface area contributed by atoms with Gasteiger partial charge < -0.3 is 11.1 Å². The van der Waals surface area contributed by atoms with Gasteiger partial charge in [0.25, 0.3) is 0 Å². The van der Waals surface area contributed by atoms with Crippen molar-refractivity contribution in [3.05, 3.63) is 54.6 Å². The molecule has 1 amide bonds. The number of benzene rings is 2. The van der Waals surface area contributed by atoms with Gasteiger partial charge >= 0.3 is 0 Å². The van der Waals surface area contributed by atoms with Crippen LogP contribution in [0.4, 0.5) is 5.69 Å². The minimum Gasteiger partial charge on any atom is -0.327 e. The first-order valence-corrected chi connectivity index (χ1v) is 6.46. The lowest BCUT2D eigenvalue weighted by atomic mass is 10.1. The summed E-state index contributed by atoms with van der Waals surface area (Å²) < 4.78 is 0. The summed E-state index contributed by atoms with van der Waals surface area (Å²) in [5.41, 5.74) is 8.79. The van der Waals surface area contributed by atoms with Gasteiger partial charge in [-0.25, -0.2) is 0 Å². The van der Waals surface area contributed by atoms with Crippen LogP contribution in [-0.2, 0) is 4.79 Å². The maximum atomic E-state index is 11.7. The standard InChI is InChI=1S/C16H16N2O/c17-15-10-14(15)16(19)18-13-8-6-12(7-9-13)11-4-2-1-3-5-11/h1-9,14-15H,10,17H2,(H,18,19). The molecule has 3 rings (SSSR count). The van der Waals surface area contributed by atoms with Crippen molar-refractivity contribution in [3.8, 4) is 11.1 Å². The summed E-state index contributed by atoms with van der Waals surface area (Å²) in [6, 6.07) is 18.1. The second kappa shape index (κ2) is 4.86. The van der Waals surface area contributed by atoms with Crippen LogP contribution >= 0.6 is 0 Å². The Bertz CT molecular complexity index is 577. The van der Waals surface area contributed by atoms with E-state index in [1.54, 1.807) is 0 Å². The van der Waals surface area contributed by atoms with Crippen molar-refractivity contribution >= 4 is 11.6 Å². The molecule has 1 saturated carbocycles. The van der Waals surface area contributed by atoms with Gasteiger partial charge in [-0.1, -0.05) is 42.5 Å². The van der Waals surface area contributed by atoms with Crippen LogP contribution < -0.4 is 11.1 Å². The van der Waals surface area contributed by atoms with Crippen molar-refractivity contribution in [2.75, 3.05) is 5.32 Å². The van der Waals surface area contributed by atoms with Crippen LogP contribution in [0.25, 0.3) is 11.1 Å². The van der Waals surface area contributed by atoms with Gasteiger partial charge in [-0.05, 0) is 29.7 Å². The number of nitrogens with two attached hydrogens (primary N) is 1. The highest BCUT2D eigenvalue weighted by molar-refractivity contribution is 5.95. The first kappa shape index (κ1) is 11.9. The van der Waals surface area contributed by atoms with Crippen LogP contribution in [0, 0.1) is 5.92 Å². The van der Waals surface area contributed by atoms with E-state index in [0.29, 0.717) is 0 Å². The molecule has 19 heavy (non-hydrogen) atoms. The summed E-state index contributed by atoms with van der Waals surface area (Å²) in [5.74, 6) is 0.0220. The van der Waals surface area contributed by atoms with Crippen LogP contribution in [0.3, 0.4) is 0 Å². The molecular formula is C16H16N2O. The Morgan fingerprint density at radius 2 is 1.58 bits per heavy atom. The first-order chi connectivity index (χ1) is 9.24. The molecule has 0 aliphatic heterocycles. The minimum absolute atomic E-state index is 0.00574. The van der Waals surface area contributed by atoms with Gasteiger partial charge in [0.15, 0.2) is 0 Å². The number of rotatable bonds is 3. The molecule has 3 heteroatoms. The number of carbonyl (C=O) groups excluding carboxylic acids is 1. The number of nitrogens with one attached hydrogen (secondary N) is 1. The summed E-state index contributed by atoms with van der Waals surface area (Å²) in [6.07, 6.45) is 0.800. The average Bonchev–Trinajstić information content (AvgIpc) is 3.18. The first-order valence-electron chi connectivity index (χ1n) is 6.46. The fraction of sp³-hybridized carbons (Fsp3) is 0.188. The summed E-state index contributed by atoms with van der Waals surface area (Å²) >= 11 is 0. The predicted molar refractivity (Wildman–Crippen MR) is 76.6 cm³/mol. The molecule has 1 aliphatic rings. The largest absolute Gasteiger partial charge is 0.327 e. The topological polar surface area (TPSA) is 55.1 Å². The molecular weight excluding hydrogens is 236 g/mol. The third-order valence-electron chi connectivity index (χ3n) is 3.44.